The molecule has 0 spiro atoms. The van der Waals surface area contributed by atoms with E-state index in [-0.39, 0.29) is 42.1 Å². The number of nitrogens with zero attached hydrogens (tertiary/aromatic N) is 2. The van der Waals surface area contributed by atoms with Crippen molar-refractivity contribution in [3.63, 3.8) is 0 Å². The number of anilines is 1. The summed E-state index contributed by atoms with van der Waals surface area (Å²) in [6, 6.07) is 13.9. The molecule has 0 saturated carbocycles. The highest BCUT2D eigenvalue weighted by Gasteiger charge is 2.38. The van der Waals surface area contributed by atoms with Crippen molar-refractivity contribution in [1.29, 1.82) is 0 Å². The molecule has 7 nitrogen and oxygen atoms in total. The summed E-state index contributed by atoms with van der Waals surface area (Å²) in [5.74, 6) is -1.44. The molecule has 3 unspecified atom stereocenters. The Labute approximate surface area is 211 Å². The van der Waals surface area contributed by atoms with Crippen LogP contribution in [0.1, 0.15) is 43.2 Å². The number of rotatable bonds is 5. The number of carbonyl (C=O) groups is 3. The molecule has 2 aliphatic rings. The van der Waals surface area contributed by atoms with E-state index in [0.29, 0.717) is 50.3 Å². The molecule has 8 heteroatoms. The fourth-order valence-electron chi connectivity index (χ4n) is 5.22. The zero-order valence-electron chi connectivity index (χ0n) is 20.9. The van der Waals surface area contributed by atoms with Crippen LogP contribution in [0.25, 0.3) is 0 Å². The summed E-state index contributed by atoms with van der Waals surface area (Å²) in [5.41, 5.74) is 2.12. The summed E-state index contributed by atoms with van der Waals surface area (Å²) in [6.07, 6.45) is 2.00. The van der Waals surface area contributed by atoms with Crippen LogP contribution in [0.15, 0.2) is 48.5 Å². The third-order valence-corrected chi connectivity index (χ3v) is 7.12. The first-order valence-electron chi connectivity index (χ1n) is 12.7. The van der Waals surface area contributed by atoms with Crippen molar-refractivity contribution in [2.75, 3.05) is 38.1 Å². The standard InChI is InChI=1S/C28H34FN3O4/c1-3-36-27(34)21-8-7-13-31(16-21)26(33)23-15-22(20-11-12-25(29)19(2)14-20)17-32(18-23)28(35)30-24-9-5-4-6-10-24/h4-6,9-12,14,21-23H,3,7-8,13,15-18H2,1-2H3,(H,30,35). The van der Waals surface area contributed by atoms with Gasteiger partial charge in [0.15, 0.2) is 0 Å². The van der Waals surface area contributed by atoms with Gasteiger partial charge in [-0.15, -0.1) is 0 Å². The highest BCUT2D eigenvalue weighted by Crippen LogP contribution is 2.33. The smallest absolute Gasteiger partial charge is 0.321 e. The number of urea groups is 1. The normalized spacial score (nSPS) is 22.1. The maximum Gasteiger partial charge on any atom is 0.321 e. The van der Waals surface area contributed by atoms with Gasteiger partial charge >= 0.3 is 12.0 Å². The Morgan fingerprint density at radius 1 is 1.03 bits per heavy atom. The highest BCUT2D eigenvalue weighted by atomic mass is 19.1. The van der Waals surface area contributed by atoms with Gasteiger partial charge in [0, 0.05) is 37.8 Å². The van der Waals surface area contributed by atoms with Gasteiger partial charge < -0.3 is 19.9 Å². The zero-order valence-corrected chi connectivity index (χ0v) is 20.9. The zero-order chi connectivity index (χ0) is 25.7. The topological polar surface area (TPSA) is 79.0 Å². The van der Waals surface area contributed by atoms with Crippen molar-refractivity contribution in [3.05, 3.63) is 65.5 Å². The average Bonchev–Trinajstić information content (AvgIpc) is 2.90. The lowest BCUT2D eigenvalue weighted by molar-refractivity contribution is -0.152. The van der Waals surface area contributed by atoms with Crippen LogP contribution >= 0.6 is 0 Å². The number of amides is 3. The fraction of sp³-hybridized carbons (Fsp3) is 0.464. The number of likely N-dealkylation sites (tertiary alicyclic amines) is 2. The van der Waals surface area contributed by atoms with Crippen molar-refractivity contribution in [3.8, 4) is 0 Å². The molecule has 2 saturated heterocycles. The van der Waals surface area contributed by atoms with Crippen LogP contribution < -0.4 is 5.32 Å². The Balaban J connectivity index is 1.54. The molecule has 2 fully saturated rings. The van der Waals surface area contributed by atoms with Gasteiger partial charge in [0.25, 0.3) is 0 Å². The molecule has 2 aliphatic heterocycles. The molecule has 3 atom stereocenters. The summed E-state index contributed by atoms with van der Waals surface area (Å²) in [5, 5.41) is 2.92. The molecular formula is C28H34FN3O4. The Morgan fingerprint density at radius 3 is 2.50 bits per heavy atom. The Hall–Kier alpha value is -3.42. The van der Waals surface area contributed by atoms with Crippen molar-refractivity contribution in [2.24, 2.45) is 11.8 Å². The van der Waals surface area contributed by atoms with E-state index in [2.05, 4.69) is 5.32 Å². The number of hydrogen-bond acceptors (Lipinski definition) is 4. The highest BCUT2D eigenvalue weighted by molar-refractivity contribution is 5.90. The second-order valence-electron chi connectivity index (χ2n) is 9.71. The lowest BCUT2D eigenvalue weighted by Gasteiger charge is -2.40. The Kier molecular flexibility index (Phi) is 8.23. The maximum absolute atomic E-state index is 13.9. The molecular weight excluding hydrogens is 461 g/mol. The number of esters is 1. The Bertz CT molecular complexity index is 1090. The van der Waals surface area contributed by atoms with Crippen molar-refractivity contribution >= 4 is 23.6 Å². The first-order valence-corrected chi connectivity index (χ1v) is 12.7. The van der Waals surface area contributed by atoms with Gasteiger partial charge in [0.2, 0.25) is 5.91 Å². The van der Waals surface area contributed by atoms with E-state index in [1.165, 1.54) is 6.07 Å². The molecule has 0 aromatic heterocycles. The second kappa shape index (κ2) is 11.5. The van der Waals surface area contributed by atoms with Gasteiger partial charge in [-0.05, 0) is 62.4 Å². The van der Waals surface area contributed by atoms with Crippen LogP contribution in [-0.4, -0.2) is 60.5 Å². The molecule has 1 N–H and O–H groups in total. The third kappa shape index (κ3) is 6.04. The molecule has 4 rings (SSSR count). The van der Waals surface area contributed by atoms with Gasteiger partial charge in [0.05, 0.1) is 18.4 Å². The largest absolute Gasteiger partial charge is 0.466 e. The number of hydrogen-bond donors (Lipinski definition) is 1. The molecule has 0 aliphatic carbocycles. The Morgan fingerprint density at radius 2 is 1.78 bits per heavy atom. The lowest BCUT2D eigenvalue weighted by Crippen LogP contribution is -2.52. The van der Waals surface area contributed by atoms with E-state index in [4.69, 9.17) is 4.74 Å². The number of piperidine rings is 2. The summed E-state index contributed by atoms with van der Waals surface area (Å²) in [6.45, 7) is 5.45. The molecule has 36 heavy (non-hydrogen) atoms. The van der Waals surface area contributed by atoms with Gasteiger partial charge in [-0.1, -0.05) is 30.3 Å². The van der Waals surface area contributed by atoms with E-state index in [1.54, 1.807) is 35.8 Å². The molecule has 0 radical (unpaired) electrons. The minimum absolute atomic E-state index is 0.0509. The number of benzene rings is 2. The summed E-state index contributed by atoms with van der Waals surface area (Å²) in [4.78, 5) is 42.6. The number of carbonyl (C=O) groups excluding carboxylic acids is 3. The lowest BCUT2D eigenvalue weighted by atomic mass is 9.83. The van der Waals surface area contributed by atoms with E-state index in [1.807, 2.05) is 30.3 Å². The molecule has 2 aromatic rings. The van der Waals surface area contributed by atoms with Gasteiger partial charge in [-0.2, -0.15) is 0 Å². The van der Waals surface area contributed by atoms with E-state index in [0.717, 1.165) is 12.0 Å². The quantitative estimate of drug-likeness (QED) is 0.617. The predicted molar refractivity (Wildman–Crippen MR) is 135 cm³/mol. The van der Waals surface area contributed by atoms with E-state index in [9.17, 15) is 18.8 Å². The van der Waals surface area contributed by atoms with E-state index < -0.39 is 5.92 Å². The van der Waals surface area contributed by atoms with Crippen molar-refractivity contribution in [1.82, 2.24) is 9.80 Å². The summed E-state index contributed by atoms with van der Waals surface area (Å²) >= 11 is 0. The molecule has 2 heterocycles. The number of ether oxygens (including phenoxy) is 1. The maximum atomic E-state index is 13.9. The SMILES string of the molecule is CCOC(=O)C1CCCN(C(=O)C2CC(c3ccc(F)c(C)c3)CN(C(=O)Nc3ccccc3)C2)C1. The predicted octanol–water partition coefficient (Wildman–Crippen LogP) is 4.57. The first-order chi connectivity index (χ1) is 17.4. The van der Waals surface area contributed by atoms with Crippen LogP contribution in [0.3, 0.4) is 0 Å². The molecule has 0 bridgehead atoms. The monoisotopic (exact) mass is 495 g/mol. The average molecular weight is 496 g/mol. The first kappa shape index (κ1) is 25.7. The van der Waals surface area contributed by atoms with Crippen molar-refractivity contribution in [2.45, 2.75) is 39.0 Å². The van der Waals surface area contributed by atoms with Crippen LogP contribution in [0, 0.1) is 24.6 Å². The fourth-order valence-corrected chi connectivity index (χ4v) is 5.22. The van der Waals surface area contributed by atoms with Gasteiger partial charge in [-0.3, -0.25) is 9.59 Å². The molecule has 192 valence electrons. The number of halogens is 1. The molecule has 2 aromatic carbocycles. The second-order valence-corrected chi connectivity index (χ2v) is 9.71. The van der Waals surface area contributed by atoms with E-state index >= 15 is 0 Å². The minimum Gasteiger partial charge on any atom is -0.466 e. The van der Waals surface area contributed by atoms with Crippen molar-refractivity contribution < 1.29 is 23.5 Å². The number of nitrogens with one attached hydrogen (secondary N) is 1. The van der Waals surface area contributed by atoms with Gasteiger partial charge in [0.1, 0.15) is 5.82 Å². The number of aryl methyl sites for hydroxylation is 1. The third-order valence-electron chi connectivity index (χ3n) is 7.12. The van der Waals surface area contributed by atoms with Gasteiger partial charge in [-0.25, -0.2) is 9.18 Å². The minimum atomic E-state index is -0.420. The van der Waals surface area contributed by atoms with Crippen LogP contribution in [-0.2, 0) is 14.3 Å². The number of para-hydroxylation sites is 1. The molecule has 3 amide bonds. The summed E-state index contributed by atoms with van der Waals surface area (Å²) in [7, 11) is 0. The summed E-state index contributed by atoms with van der Waals surface area (Å²) < 4.78 is 19.1. The van der Waals surface area contributed by atoms with Crippen LogP contribution in [0.2, 0.25) is 0 Å². The van der Waals surface area contributed by atoms with Crippen LogP contribution in [0.5, 0.6) is 0 Å². The van der Waals surface area contributed by atoms with Crippen LogP contribution in [0.4, 0.5) is 14.9 Å².